The van der Waals surface area contributed by atoms with Gasteiger partial charge in [0.2, 0.25) is 5.91 Å². The van der Waals surface area contributed by atoms with Crippen LogP contribution >= 0.6 is 0 Å². The molecule has 0 aliphatic carbocycles. The molecule has 2 N–H and O–H groups in total. The van der Waals surface area contributed by atoms with Gasteiger partial charge < -0.3 is 10.6 Å². The van der Waals surface area contributed by atoms with Gasteiger partial charge in [-0.2, -0.15) is 0 Å². The van der Waals surface area contributed by atoms with Gasteiger partial charge in [-0.3, -0.25) is 9.78 Å². The summed E-state index contributed by atoms with van der Waals surface area (Å²) in [7, 11) is 1.65. The van der Waals surface area contributed by atoms with Gasteiger partial charge in [0, 0.05) is 31.7 Å². The van der Waals surface area contributed by atoms with Crippen molar-refractivity contribution >= 4 is 11.6 Å². The predicted molar refractivity (Wildman–Crippen MR) is 80.5 cm³/mol. The van der Waals surface area contributed by atoms with Crippen molar-refractivity contribution in [3.8, 4) is 0 Å². The van der Waals surface area contributed by atoms with Crippen LogP contribution in [0, 0.1) is 6.92 Å². The molecule has 1 amide bonds. The predicted octanol–water partition coefficient (Wildman–Crippen LogP) is 2.29. The van der Waals surface area contributed by atoms with E-state index in [9.17, 15) is 4.79 Å². The zero-order valence-electron chi connectivity index (χ0n) is 11.8. The fraction of sp³-hybridized carbons (Fsp3) is 0.250. The third kappa shape index (κ3) is 3.82. The highest BCUT2D eigenvalue weighted by molar-refractivity contribution is 5.78. The van der Waals surface area contributed by atoms with Gasteiger partial charge in [0.25, 0.3) is 0 Å². The molecule has 1 aromatic carbocycles. The van der Waals surface area contributed by atoms with E-state index in [0.717, 1.165) is 17.8 Å². The Balaban J connectivity index is 1.94. The molecule has 1 heterocycles. The molecule has 0 saturated heterocycles. The molecule has 2 aromatic rings. The Labute approximate surface area is 119 Å². The summed E-state index contributed by atoms with van der Waals surface area (Å²) in [6.45, 7) is 2.82. The second-order valence-electron chi connectivity index (χ2n) is 4.70. The lowest BCUT2D eigenvalue weighted by atomic mass is 10.1. The molecule has 0 fully saturated rings. The number of aromatic nitrogens is 1. The van der Waals surface area contributed by atoms with E-state index in [-0.39, 0.29) is 5.91 Å². The Morgan fingerprint density at radius 3 is 2.60 bits per heavy atom. The third-order valence-electron chi connectivity index (χ3n) is 3.23. The topological polar surface area (TPSA) is 54.0 Å². The van der Waals surface area contributed by atoms with Crippen molar-refractivity contribution in [3.63, 3.8) is 0 Å². The van der Waals surface area contributed by atoms with Crippen molar-refractivity contribution in [1.29, 1.82) is 0 Å². The molecule has 2 rings (SSSR count). The van der Waals surface area contributed by atoms with Crippen LogP contribution in [-0.2, 0) is 17.8 Å². The van der Waals surface area contributed by atoms with Crippen LogP contribution < -0.4 is 10.6 Å². The Hall–Kier alpha value is -2.36. The molecule has 0 unspecified atom stereocenters. The molecule has 4 nitrogen and oxygen atoms in total. The van der Waals surface area contributed by atoms with E-state index >= 15 is 0 Å². The normalized spacial score (nSPS) is 10.1. The maximum absolute atomic E-state index is 11.3. The van der Waals surface area contributed by atoms with E-state index in [1.807, 2.05) is 36.5 Å². The minimum Gasteiger partial charge on any atom is -0.381 e. The number of hydrogen-bond donors (Lipinski definition) is 2. The Morgan fingerprint density at radius 1 is 1.20 bits per heavy atom. The molecule has 0 spiro atoms. The summed E-state index contributed by atoms with van der Waals surface area (Å²) in [5.41, 5.74) is 4.45. The number of aryl methyl sites for hydroxylation is 1. The van der Waals surface area contributed by atoms with Crippen LogP contribution in [0.2, 0.25) is 0 Å². The van der Waals surface area contributed by atoms with Crippen molar-refractivity contribution in [2.75, 3.05) is 12.4 Å². The SMILES string of the molecule is CNC(=O)Cc1ccc(NCc2cnccc2C)cc1. The molecule has 0 bridgehead atoms. The van der Waals surface area contributed by atoms with Gasteiger partial charge in [-0.15, -0.1) is 0 Å². The lowest BCUT2D eigenvalue weighted by Gasteiger charge is -2.09. The monoisotopic (exact) mass is 269 g/mol. The van der Waals surface area contributed by atoms with Gasteiger partial charge in [-0.25, -0.2) is 0 Å². The molecule has 104 valence electrons. The van der Waals surface area contributed by atoms with E-state index in [0.29, 0.717) is 6.42 Å². The smallest absolute Gasteiger partial charge is 0.224 e. The van der Waals surface area contributed by atoms with E-state index in [2.05, 4.69) is 22.5 Å². The second kappa shape index (κ2) is 6.70. The van der Waals surface area contributed by atoms with Crippen LogP contribution in [-0.4, -0.2) is 17.9 Å². The summed E-state index contributed by atoms with van der Waals surface area (Å²) in [6, 6.07) is 9.92. The Morgan fingerprint density at radius 2 is 1.95 bits per heavy atom. The Bertz CT molecular complexity index is 579. The first-order chi connectivity index (χ1) is 9.69. The number of likely N-dealkylation sites (N-methyl/N-ethyl adjacent to an activating group) is 1. The van der Waals surface area contributed by atoms with Crippen LogP contribution in [0.3, 0.4) is 0 Å². The maximum Gasteiger partial charge on any atom is 0.224 e. The fourth-order valence-corrected chi connectivity index (χ4v) is 1.89. The summed E-state index contributed by atoms with van der Waals surface area (Å²) < 4.78 is 0. The largest absolute Gasteiger partial charge is 0.381 e. The van der Waals surface area contributed by atoms with Crippen molar-refractivity contribution in [2.24, 2.45) is 0 Å². The van der Waals surface area contributed by atoms with E-state index in [1.165, 1.54) is 11.1 Å². The van der Waals surface area contributed by atoms with Gasteiger partial charge in [0.05, 0.1) is 6.42 Å². The summed E-state index contributed by atoms with van der Waals surface area (Å²) in [5.74, 6) is 0.0247. The first-order valence-corrected chi connectivity index (χ1v) is 6.62. The second-order valence-corrected chi connectivity index (χ2v) is 4.70. The van der Waals surface area contributed by atoms with Crippen molar-refractivity contribution in [1.82, 2.24) is 10.3 Å². The molecule has 4 heteroatoms. The number of carbonyl (C=O) groups is 1. The summed E-state index contributed by atoms with van der Waals surface area (Å²) >= 11 is 0. The molecule has 0 aliphatic heterocycles. The molecule has 20 heavy (non-hydrogen) atoms. The zero-order valence-corrected chi connectivity index (χ0v) is 11.8. The standard InChI is InChI=1S/C16H19N3O/c1-12-7-8-18-10-14(12)11-19-15-5-3-13(4-6-15)9-16(20)17-2/h3-8,10,19H,9,11H2,1-2H3,(H,17,20). The molecule has 0 radical (unpaired) electrons. The van der Waals surface area contributed by atoms with Gasteiger partial charge in [0.1, 0.15) is 0 Å². The summed E-state index contributed by atoms with van der Waals surface area (Å²) in [5, 5.41) is 5.98. The number of nitrogens with zero attached hydrogens (tertiary/aromatic N) is 1. The number of benzene rings is 1. The number of carbonyl (C=O) groups excluding carboxylic acids is 1. The minimum absolute atomic E-state index is 0.0247. The minimum atomic E-state index is 0.0247. The zero-order chi connectivity index (χ0) is 14.4. The molecule has 0 aliphatic rings. The van der Waals surface area contributed by atoms with Crippen LogP contribution in [0.15, 0.2) is 42.7 Å². The highest BCUT2D eigenvalue weighted by Crippen LogP contribution is 2.13. The number of rotatable bonds is 5. The number of anilines is 1. The van der Waals surface area contributed by atoms with E-state index < -0.39 is 0 Å². The third-order valence-corrected chi connectivity index (χ3v) is 3.23. The molecule has 0 saturated carbocycles. The number of pyridine rings is 1. The number of amides is 1. The Kier molecular flexibility index (Phi) is 4.71. The fourth-order valence-electron chi connectivity index (χ4n) is 1.89. The lowest BCUT2D eigenvalue weighted by molar-refractivity contribution is -0.119. The number of hydrogen-bond acceptors (Lipinski definition) is 3. The highest BCUT2D eigenvalue weighted by Gasteiger charge is 2.01. The molecular weight excluding hydrogens is 250 g/mol. The van der Waals surface area contributed by atoms with Crippen LogP contribution in [0.1, 0.15) is 16.7 Å². The first-order valence-electron chi connectivity index (χ1n) is 6.62. The van der Waals surface area contributed by atoms with Crippen LogP contribution in [0.4, 0.5) is 5.69 Å². The average molecular weight is 269 g/mol. The average Bonchev–Trinajstić information content (AvgIpc) is 2.48. The summed E-state index contributed by atoms with van der Waals surface area (Å²) in [6.07, 6.45) is 4.09. The van der Waals surface area contributed by atoms with Crippen LogP contribution in [0.5, 0.6) is 0 Å². The molecular formula is C16H19N3O. The van der Waals surface area contributed by atoms with Crippen LogP contribution in [0.25, 0.3) is 0 Å². The van der Waals surface area contributed by atoms with E-state index in [4.69, 9.17) is 0 Å². The van der Waals surface area contributed by atoms with Gasteiger partial charge >= 0.3 is 0 Å². The maximum atomic E-state index is 11.3. The van der Waals surface area contributed by atoms with E-state index in [1.54, 1.807) is 13.2 Å². The number of nitrogens with one attached hydrogen (secondary N) is 2. The highest BCUT2D eigenvalue weighted by atomic mass is 16.1. The molecule has 0 atom stereocenters. The van der Waals surface area contributed by atoms with Crippen molar-refractivity contribution in [2.45, 2.75) is 19.9 Å². The van der Waals surface area contributed by atoms with Crippen molar-refractivity contribution < 1.29 is 4.79 Å². The lowest BCUT2D eigenvalue weighted by Crippen LogP contribution is -2.19. The quantitative estimate of drug-likeness (QED) is 0.875. The summed E-state index contributed by atoms with van der Waals surface area (Å²) in [4.78, 5) is 15.4. The van der Waals surface area contributed by atoms with Gasteiger partial charge in [-0.05, 0) is 41.8 Å². The van der Waals surface area contributed by atoms with Gasteiger partial charge in [0.15, 0.2) is 0 Å². The first kappa shape index (κ1) is 14.1. The molecule has 1 aromatic heterocycles. The van der Waals surface area contributed by atoms with Crippen molar-refractivity contribution in [3.05, 3.63) is 59.4 Å². The van der Waals surface area contributed by atoms with Gasteiger partial charge in [-0.1, -0.05) is 12.1 Å².